The molecule has 0 aliphatic carbocycles. The molecule has 1 fully saturated rings. The lowest BCUT2D eigenvalue weighted by Gasteiger charge is -2.14. The molecule has 1 aliphatic rings. The van der Waals surface area contributed by atoms with Crippen LogP contribution in [0.5, 0.6) is 0 Å². The highest BCUT2D eigenvalue weighted by Gasteiger charge is 2.29. The monoisotopic (exact) mass is 194 g/mol. The van der Waals surface area contributed by atoms with Crippen molar-refractivity contribution in [2.75, 3.05) is 11.9 Å². The number of nitrogens with zero attached hydrogens (tertiary/aromatic N) is 1. The number of hydrogen-bond acceptors (Lipinski definition) is 3. The van der Waals surface area contributed by atoms with Crippen LogP contribution >= 0.6 is 0 Å². The minimum Gasteiger partial charge on any atom is -0.310 e. The number of H-pyrrole nitrogens is 1. The van der Waals surface area contributed by atoms with Gasteiger partial charge in [-0.15, -0.1) is 0 Å². The average molecular weight is 194 g/mol. The average Bonchev–Trinajstić information content (AvgIpc) is 2.75. The summed E-state index contributed by atoms with van der Waals surface area (Å²) in [4.78, 5) is 11.7. The second-order valence-electron chi connectivity index (χ2n) is 3.66. The number of nitrogens with one attached hydrogen (secondary N) is 3. The van der Waals surface area contributed by atoms with Gasteiger partial charge in [-0.25, -0.2) is 0 Å². The Balaban J connectivity index is 1.95. The van der Waals surface area contributed by atoms with E-state index in [1.165, 1.54) is 0 Å². The van der Waals surface area contributed by atoms with E-state index < -0.39 is 0 Å². The van der Waals surface area contributed by atoms with E-state index in [0.29, 0.717) is 11.7 Å². The van der Waals surface area contributed by atoms with Crippen molar-refractivity contribution in [1.29, 1.82) is 0 Å². The minimum absolute atomic E-state index is 0.0132. The summed E-state index contributed by atoms with van der Waals surface area (Å²) in [5, 5.41) is 12.4. The lowest BCUT2D eigenvalue weighted by Crippen LogP contribution is -2.39. The molecule has 0 radical (unpaired) electrons. The van der Waals surface area contributed by atoms with Gasteiger partial charge < -0.3 is 10.6 Å². The Labute approximate surface area is 82.3 Å². The van der Waals surface area contributed by atoms with Crippen LogP contribution in [0, 0.1) is 5.92 Å². The van der Waals surface area contributed by atoms with Crippen LogP contribution in [-0.2, 0) is 4.79 Å². The number of carbonyl (C=O) groups is 1. The number of rotatable bonds is 2. The number of carbonyl (C=O) groups excluding carboxylic acids is 1. The molecular formula is C9H14N4O. The van der Waals surface area contributed by atoms with Gasteiger partial charge in [0.05, 0.1) is 12.2 Å². The number of hydrogen-bond donors (Lipinski definition) is 3. The number of amides is 1. The Hall–Kier alpha value is -1.36. The minimum atomic E-state index is -0.0710. The summed E-state index contributed by atoms with van der Waals surface area (Å²) in [5.74, 6) is 1.06. The second-order valence-corrected chi connectivity index (χ2v) is 3.66. The zero-order valence-electron chi connectivity index (χ0n) is 8.08. The summed E-state index contributed by atoms with van der Waals surface area (Å²) in [6.45, 7) is 3.00. The van der Waals surface area contributed by atoms with E-state index in [0.717, 1.165) is 13.0 Å². The maximum Gasteiger partial charge on any atom is 0.242 e. The topological polar surface area (TPSA) is 69.8 Å². The molecular weight excluding hydrogens is 180 g/mol. The molecule has 0 spiro atoms. The van der Waals surface area contributed by atoms with Crippen molar-refractivity contribution < 1.29 is 4.79 Å². The van der Waals surface area contributed by atoms with Crippen LogP contribution in [0.25, 0.3) is 0 Å². The van der Waals surface area contributed by atoms with Gasteiger partial charge in [0.2, 0.25) is 5.91 Å². The molecule has 3 N–H and O–H groups in total. The maximum atomic E-state index is 11.7. The predicted molar refractivity (Wildman–Crippen MR) is 52.8 cm³/mol. The van der Waals surface area contributed by atoms with E-state index in [9.17, 15) is 4.79 Å². The molecule has 76 valence electrons. The molecule has 1 aromatic rings. The molecule has 1 amide bonds. The van der Waals surface area contributed by atoms with Gasteiger partial charge in [0.15, 0.2) is 0 Å². The molecule has 2 atom stereocenters. The summed E-state index contributed by atoms with van der Waals surface area (Å²) >= 11 is 0. The van der Waals surface area contributed by atoms with Crippen molar-refractivity contribution in [3.63, 3.8) is 0 Å². The molecule has 1 aromatic heterocycles. The first-order valence-corrected chi connectivity index (χ1v) is 4.81. The van der Waals surface area contributed by atoms with Crippen LogP contribution < -0.4 is 10.6 Å². The van der Waals surface area contributed by atoms with Gasteiger partial charge in [-0.2, -0.15) is 5.10 Å². The molecule has 2 heterocycles. The fraction of sp³-hybridized carbons (Fsp3) is 0.556. The van der Waals surface area contributed by atoms with E-state index in [2.05, 4.69) is 27.8 Å². The summed E-state index contributed by atoms with van der Waals surface area (Å²) in [7, 11) is 0. The molecule has 2 rings (SSSR count). The highest BCUT2D eigenvalue weighted by atomic mass is 16.2. The molecule has 0 saturated carbocycles. The van der Waals surface area contributed by atoms with Crippen molar-refractivity contribution >= 4 is 11.7 Å². The zero-order valence-corrected chi connectivity index (χ0v) is 8.08. The predicted octanol–water partition coefficient (Wildman–Crippen LogP) is 0.346. The van der Waals surface area contributed by atoms with E-state index in [4.69, 9.17) is 0 Å². The first-order chi connectivity index (χ1) is 6.77. The Morgan fingerprint density at radius 2 is 2.57 bits per heavy atom. The van der Waals surface area contributed by atoms with Gasteiger partial charge in [0.1, 0.15) is 5.82 Å². The van der Waals surface area contributed by atoms with Crippen molar-refractivity contribution in [2.24, 2.45) is 5.92 Å². The van der Waals surface area contributed by atoms with E-state index in [1.54, 1.807) is 12.3 Å². The van der Waals surface area contributed by atoms with Crippen molar-refractivity contribution in [3.05, 3.63) is 12.3 Å². The lowest BCUT2D eigenvalue weighted by atomic mass is 10.0. The van der Waals surface area contributed by atoms with Gasteiger partial charge in [-0.1, -0.05) is 6.92 Å². The molecule has 5 nitrogen and oxygen atoms in total. The standard InChI is InChI=1S/C9H14N4O/c1-6-2-4-10-8(6)9(14)12-7-3-5-11-13-7/h3,5-6,8,10H,2,4H2,1H3,(H2,11,12,13,14). The third kappa shape index (κ3) is 1.77. The quantitative estimate of drug-likeness (QED) is 0.636. The normalized spacial score (nSPS) is 26.4. The van der Waals surface area contributed by atoms with E-state index in [1.807, 2.05) is 0 Å². The van der Waals surface area contributed by atoms with Crippen LogP contribution in [0.1, 0.15) is 13.3 Å². The van der Waals surface area contributed by atoms with Crippen molar-refractivity contribution in [1.82, 2.24) is 15.5 Å². The van der Waals surface area contributed by atoms with E-state index >= 15 is 0 Å². The van der Waals surface area contributed by atoms with Crippen LogP contribution in [0.3, 0.4) is 0 Å². The van der Waals surface area contributed by atoms with Crippen LogP contribution in [0.15, 0.2) is 12.3 Å². The summed E-state index contributed by atoms with van der Waals surface area (Å²) in [6.07, 6.45) is 2.67. The van der Waals surface area contributed by atoms with Gasteiger partial charge in [0.25, 0.3) is 0 Å². The maximum absolute atomic E-state index is 11.7. The van der Waals surface area contributed by atoms with Crippen molar-refractivity contribution in [3.8, 4) is 0 Å². The first-order valence-electron chi connectivity index (χ1n) is 4.81. The third-order valence-electron chi connectivity index (χ3n) is 2.57. The van der Waals surface area contributed by atoms with Gasteiger partial charge >= 0.3 is 0 Å². The summed E-state index contributed by atoms with van der Waals surface area (Å²) in [5.41, 5.74) is 0. The van der Waals surface area contributed by atoms with Crippen LogP contribution in [-0.4, -0.2) is 28.7 Å². The SMILES string of the molecule is CC1CCNC1C(=O)Nc1ccn[nH]1. The Bertz CT molecular complexity index is 309. The molecule has 1 saturated heterocycles. The van der Waals surface area contributed by atoms with Gasteiger partial charge in [-0.05, 0) is 18.9 Å². The van der Waals surface area contributed by atoms with Crippen LogP contribution in [0.4, 0.5) is 5.82 Å². The fourth-order valence-electron chi connectivity index (χ4n) is 1.72. The van der Waals surface area contributed by atoms with Gasteiger partial charge in [-0.3, -0.25) is 9.89 Å². The third-order valence-corrected chi connectivity index (χ3v) is 2.57. The molecule has 5 heteroatoms. The summed E-state index contributed by atoms with van der Waals surface area (Å²) in [6, 6.07) is 1.66. The highest BCUT2D eigenvalue weighted by molar-refractivity contribution is 5.94. The first kappa shape index (κ1) is 9.21. The zero-order chi connectivity index (χ0) is 9.97. The highest BCUT2D eigenvalue weighted by Crippen LogP contribution is 2.15. The van der Waals surface area contributed by atoms with Crippen molar-refractivity contribution in [2.45, 2.75) is 19.4 Å². The largest absolute Gasteiger partial charge is 0.310 e. The smallest absolute Gasteiger partial charge is 0.242 e. The number of aromatic amines is 1. The molecule has 1 aliphatic heterocycles. The Kier molecular flexibility index (Phi) is 2.49. The molecule has 14 heavy (non-hydrogen) atoms. The fourth-order valence-corrected chi connectivity index (χ4v) is 1.72. The van der Waals surface area contributed by atoms with E-state index in [-0.39, 0.29) is 11.9 Å². The number of anilines is 1. The Morgan fingerprint density at radius 1 is 1.71 bits per heavy atom. The lowest BCUT2D eigenvalue weighted by molar-refractivity contribution is -0.118. The number of aromatic nitrogens is 2. The second kappa shape index (κ2) is 3.79. The van der Waals surface area contributed by atoms with Gasteiger partial charge in [0, 0.05) is 6.07 Å². The Morgan fingerprint density at radius 3 is 3.14 bits per heavy atom. The summed E-state index contributed by atoms with van der Waals surface area (Å²) < 4.78 is 0. The molecule has 0 aromatic carbocycles. The molecule has 0 bridgehead atoms. The van der Waals surface area contributed by atoms with Crippen LogP contribution in [0.2, 0.25) is 0 Å². The molecule has 2 unspecified atom stereocenters.